The highest BCUT2D eigenvalue weighted by Gasteiger charge is 2.17. The topological polar surface area (TPSA) is 81.4 Å². The molecule has 2 aromatic heterocycles. The smallest absolute Gasteiger partial charge is 0.234 e. The monoisotopic (exact) mass is 455 g/mol. The summed E-state index contributed by atoms with van der Waals surface area (Å²) in [4.78, 5) is 17.5. The molecular weight excluding hydrogens is 434 g/mol. The molecule has 3 aromatic carbocycles. The normalized spacial score (nSPS) is 11.1. The Balaban J connectivity index is 1.46. The third kappa shape index (κ3) is 4.25. The van der Waals surface area contributed by atoms with Gasteiger partial charge in [0.15, 0.2) is 11.5 Å². The first-order valence-electron chi connectivity index (χ1n) is 10.6. The summed E-state index contributed by atoms with van der Waals surface area (Å²) in [5, 5.41) is 12.4. The van der Waals surface area contributed by atoms with Crippen molar-refractivity contribution in [2.24, 2.45) is 0 Å². The van der Waals surface area contributed by atoms with E-state index in [9.17, 15) is 4.79 Å². The minimum absolute atomic E-state index is 0.150. The van der Waals surface area contributed by atoms with Gasteiger partial charge in [-0.25, -0.2) is 4.98 Å². The molecule has 0 saturated heterocycles. The molecule has 0 unspecified atom stereocenters. The summed E-state index contributed by atoms with van der Waals surface area (Å²) < 4.78 is 7.60. The highest BCUT2D eigenvalue weighted by Crippen LogP contribution is 2.29. The molecule has 5 aromatic rings. The van der Waals surface area contributed by atoms with Gasteiger partial charge in [0, 0.05) is 5.56 Å². The van der Waals surface area contributed by atoms with Crippen LogP contribution in [0.5, 0.6) is 5.75 Å². The molecular formula is C25H21N5O2S. The van der Waals surface area contributed by atoms with Gasteiger partial charge in [-0.2, -0.15) is 0 Å². The Morgan fingerprint density at radius 3 is 2.58 bits per heavy atom. The summed E-state index contributed by atoms with van der Waals surface area (Å²) in [7, 11) is 0. The molecule has 33 heavy (non-hydrogen) atoms. The van der Waals surface area contributed by atoms with E-state index < -0.39 is 0 Å². The fourth-order valence-electron chi connectivity index (χ4n) is 3.60. The molecule has 5 rings (SSSR count). The second kappa shape index (κ2) is 9.30. The summed E-state index contributed by atoms with van der Waals surface area (Å²) in [6, 6.07) is 25.2. The van der Waals surface area contributed by atoms with Crippen LogP contribution in [0.3, 0.4) is 0 Å². The number of amides is 1. The number of thioether (sulfide) groups is 1. The Labute approximate surface area is 194 Å². The van der Waals surface area contributed by atoms with Crippen LogP contribution in [0.15, 0.2) is 83.9 Å². The first-order valence-corrected chi connectivity index (χ1v) is 11.6. The summed E-state index contributed by atoms with van der Waals surface area (Å²) in [6.07, 6.45) is 0. The van der Waals surface area contributed by atoms with E-state index in [1.807, 2.05) is 90.2 Å². The van der Waals surface area contributed by atoms with E-state index in [2.05, 4.69) is 15.5 Å². The van der Waals surface area contributed by atoms with Gasteiger partial charge in [-0.05, 0) is 31.2 Å². The quantitative estimate of drug-likeness (QED) is 0.345. The Kier molecular flexibility index (Phi) is 5.91. The number of benzene rings is 3. The number of nitrogens with zero attached hydrogens (tertiary/aromatic N) is 4. The number of para-hydroxylation sites is 4. The number of anilines is 1. The van der Waals surface area contributed by atoms with Gasteiger partial charge in [0.25, 0.3) is 0 Å². The zero-order valence-corrected chi connectivity index (χ0v) is 18.7. The zero-order chi connectivity index (χ0) is 22.6. The summed E-state index contributed by atoms with van der Waals surface area (Å²) in [5.41, 5.74) is 3.96. The van der Waals surface area contributed by atoms with E-state index >= 15 is 0 Å². The van der Waals surface area contributed by atoms with Crippen LogP contribution in [-0.2, 0) is 4.79 Å². The number of fused-ring (bicyclic) bond motifs is 3. The maximum Gasteiger partial charge on any atom is 0.234 e. The van der Waals surface area contributed by atoms with Gasteiger partial charge in [0.05, 0.1) is 29.1 Å². The zero-order valence-electron chi connectivity index (χ0n) is 17.9. The highest BCUT2D eigenvalue weighted by atomic mass is 32.2. The second-order valence-corrected chi connectivity index (χ2v) is 8.18. The summed E-state index contributed by atoms with van der Waals surface area (Å²) >= 11 is 1.33. The number of nitrogens with one attached hydrogen (secondary N) is 1. The van der Waals surface area contributed by atoms with Crippen molar-refractivity contribution >= 4 is 40.0 Å². The van der Waals surface area contributed by atoms with E-state index in [0.717, 1.165) is 22.4 Å². The molecule has 8 heteroatoms. The van der Waals surface area contributed by atoms with Crippen molar-refractivity contribution in [1.82, 2.24) is 19.6 Å². The van der Waals surface area contributed by atoms with E-state index in [1.165, 1.54) is 11.8 Å². The van der Waals surface area contributed by atoms with Crippen molar-refractivity contribution in [3.63, 3.8) is 0 Å². The average molecular weight is 456 g/mol. The van der Waals surface area contributed by atoms with Crippen molar-refractivity contribution in [3.05, 3.63) is 78.9 Å². The van der Waals surface area contributed by atoms with Gasteiger partial charge in [0.1, 0.15) is 10.8 Å². The van der Waals surface area contributed by atoms with E-state index in [0.29, 0.717) is 28.7 Å². The molecule has 0 aliphatic heterocycles. The predicted octanol–water partition coefficient (Wildman–Crippen LogP) is 5.07. The Morgan fingerprint density at radius 2 is 1.73 bits per heavy atom. The number of hydrogen-bond donors (Lipinski definition) is 1. The van der Waals surface area contributed by atoms with E-state index in [1.54, 1.807) is 0 Å². The highest BCUT2D eigenvalue weighted by molar-refractivity contribution is 8.00. The third-order valence-corrected chi connectivity index (χ3v) is 5.99. The SMILES string of the molecule is CCOc1ccccc1NC(=O)CSc1nc2ccccc2n2c(-c3ccccc3)nnc12. The van der Waals surface area contributed by atoms with Crippen LogP contribution in [0, 0.1) is 0 Å². The van der Waals surface area contributed by atoms with Crippen LogP contribution < -0.4 is 10.1 Å². The molecule has 0 fully saturated rings. The van der Waals surface area contributed by atoms with Gasteiger partial charge >= 0.3 is 0 Å². The minimum atomic E-state index is -0.150. The average Bonchev–Trinajstić information content (AvgIpc) is 3.30. The van der Waals surface area contributed by atoms with Crippen LogP contribution in [0.25, 0.3) is 28.1 Å². The Bertz CT molecular complexity index is 1440. The molecule has 7 nitrogen and oxygen atoms in total. The molecule has 0 aliphatic carbocycles. The molecule has 2 heterocycles. The van der Waals surface area contributed by atoms with E-state index in [4.69, 9.17) is 9.72 Å². The van der Waals surface area contributed by atoms with Crippen molar-refractivity contribution in [2.45, 2.75) is 11.9 Å². The molecule has 164 valence electrons. The number of rotatable bonds is 7. The predicted molar refractivity (Wildman–Crippen MR) is 131 cm³/mol. The second-order valence-electron chi connectivity index (χ2n) is 7.22. The van der Waals surface area contributed by atoms with Crippen molar-refractivity contribution in [3.8, 4) is 17.1 Å². The van der Waals surface area contributed by atoms with E-state index in [-0.39, 0.29) is 11.7 Å². The third-order valence-electron chi connectivity index (χ3n) is 5.03. The Hall–Kier alpha value is -3.91. The van der Waals surface area contributed by atoms with Gasteiger partial charge in [0.2, 0.25) is 5.91 Å². The number of ether oxygens (including phenoxy) is 1. The first kappa shape index (κ1) is 21.0. The standard InChI is InChI=1S/C25H21N5O2S/c1-2-32-21-15-9-7-13-19(21)26-22(31)16-33-25-24-29-28-23(17-10-4-3-5-11-17)30(24)20-14-8-6-12-18(20)27-25/h3-15H,2,16H2,1H3,(H,26,31). The maximum absolute atomic E-state index is 12.7. The molecule has 0 spiro atoms. The fraction of sp³-hybridized carbons (Fsp3) is 0.120. The molecule has 0 bridgehead atoms. The number of carbonyl (C=O) groups excluding carboxylic acids is 1. The largest absolute Gasteiger partial charge is 0.492 e. The lowest BCUT2D eigenvalue weighted by atomic mass is 10.2. The molecule has 0 saturated carbocycles. The lowest BCUT2D eigenvalue weighted by Gasteiger charge is -2.11. The van der Waals surface area contributed by atoms with Crippen molar-refractivity contribution < 1.29 is 9.53 Å². The van der Waals surface area contributed by atoms with Gasteiger partial charge in [-0.3, -0.25) is 9.20 Å². The van der Waals surface area contributed by atoms with Crippen molar-refractivity contribution in [2.75, 3.05) is 17.7 Å². The van der Waals surface area contributed by atoms with Crippen LogP contribution >= 0.6 is 11.8 Å². The lowest BCUT2D eigenvalue weighted by molar-refractivity contribution is -0.113. The number of aromatic nitrogens is 4. The van der Waals surface area contributed by atoms with Crippen LogP contribution in [-0.4, -0.2) is 37.8 Å². The molecule has 0 radical (unpaired) electrons. The number of carbonyl (C=O) groups is 1. The summed E-state index contributed by atoms with van der Waals surface area (Å²) in [5.74, 6) is 1.41. The molecule has 0 atom stereocenters. The fourth-order valence-corrected chi connectivity index (χ4v) is 4.36. The first-order chi connectivity index (χ1) is 16.2. The molecule has 0 aliphatic rings. The van der Waals surface area contributed by atoms with Gasteiger partial charge in [-0.1, -0.05) is 66.4 Å². The minimum Gasteiger partial charge on any atom is -0.492 e. The Morgan fingerprint density at radius 1 is 0.970 bits per heavy atom. The van der Waals surface area contributed by atoms with Crippen LogP contribution in [0.2, 0.25) is 0 Å². The molecule has 1 amide bonds. The number of hydrogen-bond acceptors (Lipinski definition) is 6. The molecule has 1 N–H and O–H groups in total. The van der Waals surface area contributed by atoms with Crippen LogP contribution in [0.1, 0.15) is 6.92 Å². The van der Waals surface area contributed by atoms with Gasteiger partial charge < -0.3 is 10.1 Å². The lowest BCUT2D eigenvalue weighted by Crippen LogP contribution is -2.15. The van der Waals surface area contributed by atoms with Crippen molar-refractivity contribution in [1.29, 1.82) is 0 Å². The maximum atomic E-state index is 12.7. The van der Waals surface area contributed by atoms with Gasteiger partial charge in [-0.15, -0.1) is 10.2 Å². The summed E-state index contributed by atoms with van der Waals surface area (Å²) in [6.45, 7) is 2.44. The van der Waals surface area contributed by atoms with Crippen LogP contribution in [0.4, 0.5) is 5.69 Å².